The molecule has 0 bridgehead atoms. The van der Waals surface area contributed by atoms with E-state index in [-0.39, 0.29) is 23.7 Å². The van der Waals surface area contributed by atoms with E-state index in [0.717, 1.165) is 27.5 Å². The number of Topliss-reactive ketones (excluding diaryl/α,β-unsaturated/α-hetero) is 1. The molecule has 0 spiro atoms. The van der Waals surface area contributed by atoms with Crippen molar-refractivity contribution in [2.75, 3.05) is 11.5 Å². The van der Waals surface area contributed by atoms with Gasteiger partial charge in [0.1, 0.15) is 11.4 Å². The molecule has 11 heteroatoms. The molecular formula is C23H21ClN6O3S. The number of nitrogens with two attached hydrogens (primary N) is 1. The molecule has 0 atom stereocenters. The van der Waals surface area contributed by atoms with Crippen molar-refractivity contribution in [2.24, 2.45) is 14.1 Å². The number of benzene rings is 2. The SMILES string of the molecule is Cn1c(SCC(=O)c2c(N)n(Cc3ccccc3)c(=O)n(C)c2=O)nnc1-c1ccc(Cl)cc1. The molecule has 0 aliphatic rings. The van der Waals surface area contributed by atoms with Crippen molar-refractivity contribution in [3.05, 3.63) is 91.6 Å². The molecule has 0 amide bonds. The fourth-order valence-electron chi connectivity index (χ4n) is 3.46. The first-order valence-corrected chi connectivity index (χ1v) is 11.6. The van der Waals surface area contributed by atoms with E-state index < -0.39 is 17.0 Å². The van der Waals surface area contributed by atoms with Crippen LogP contribution in [0.4, 0.5) is 5.82 Å². The summed E-state index contributed by atoms with van der Waals surface area (Å²) in [7, 11) is 3.11. The van der Waals surface area contributed by atoms with Crippen LogP contribution in [0.15, 0.2) is 69.3 Å². The number of thioether (sulfide) groups is 1. The van der Waals surface area contributed by atoms with Gasteiger partial charge in [0.15, 0.2) is 16.8 Å². The minimum atomic E-state index is -0.725. The van der Waals surface area contributed by atoms with Crippen molar-refractivity contribution < 1.29 is 4.79 Å². The van der Waals surface area contributed by atoms with Gasteiger partial charge in [-0.05, 0) is 29.8 Å². The summed E-state index contributed by atoms with van der Waals surface area (Å²) in [5, 5.41) is 9.44. The summed E-state index contributed by atoms with van der Waals surface area (Å²) in [4.78, 5) is 38.5. The lowest BCUT2D eigenvalue weighted by Gasteiger charge is -2.14. The molecule has 0 aliphatic heterocycles. The summed E-state index contributed by atoms with van der Waals surface area (Å²) >= 11 is 7.08. The fraction of sp³-hybridized carbons (Fsp3) is 0.174. The van der Waals surface area contributed by atoms with Crippen LogP contribution in [0.2, 0.25) is 5.02 Å². The molecule has 0 radical (unpaired) electrons. The third kappa shape index (κ3) is 4.55. The highest BCUT2D eigenvalue weighted by Crippen LogP contribution is 2.24. The average Bonchev–Trinajstić information content (AvgIpc) is 3.20. The fourth-order valence-corrected chi connectivity index (χ4v) is 4.37. The Morgan fingerprint density at radius 1 is 1.00 bits per heavy atom. The number of carbonyl (C=O) groups is 1. The van der Waals surface area contributed by atoms with Gasteiger partial charge in [0.25, 0.3) is 5.56 Å². The number of nitrogens with zero attached hydrogens (tertiary/aromatic N) is 5. The van der Waals surface area contributed by atoms with E-state index in [4.69, 9.17) is 17.3 Å². The Labute approximate surface area is 203 Å². The van der Waals surface area contributed by atoms with Crippen molar-refractivity contribution in [2.45, 2.75) is 11.7 Å². The lowest BCUT2D eigenvalue weighted by atomic mass is 10.2. The van der Waals surface area contributed by atoms with Crippen molar-refractivity contribution in [1.82, 2.24) is 23.9 Å². The number of anilines is 1. The first-order valence-electron chi connectivity index (χ1n) is 10.2. The van der Waals surface area contributed by atoms with Crippen molar-refractivity contribution in [1.29, 1.82) is 0 Å². The number of rotatable bonds is 7. The summed E-state index contributed by atoms with van der Waals surface area (Å²) in [6, 6.07) is 16.4. The molecule has 174 valence electrons. The number of ketones is 1. The second-order valence-corrected chi connectivity index (χ2v) is 8.94. The highest BCUT2D eigenvalue weighted by Gasteiger charge is 2.23. The van der Waals surface area contributed by atoms with Crippen LogP contribution in [-0.4, -0.2) is 35.4 Å². The first kappa shape index (κ1) is 23.5. The van der Waals surface area contributed by atoms with Crippen molar-refractivity contribution in [3.63, 3.8) is 0 Å². The highest BCUT2D eigenvalue weighted by atomic mass is 35.5. The van der Waals surface area contributed by atoms with Gasteiger partial charge in [-0.1, -0.05) is 53.7 Å². The maximum atomic E-state index is 13.1. The van der Waals surface area contributed by atoms with E-state index in [1.807, 2.05) is 42.5 Å². The van der Waals surface area contributed by atoms with Gasteiger partial charge in [0, 0.05) is 24.7 Å². The number of hydrogen-bond donors (Lipinski definition) is 1. The van der Waals surface area contributed by atoms with Crippen LogP contribution in [0.25, 0.3) is 11.4 Å². The van der Waals surface area contributed by atoms with Crippen LogP contribution < -0.4 is 17.0 Å². The quantitative estimate of drug-likeness (QED) is 0.308. The van der Waals surface area contributed by atoms with Crippen molar-refractivity contribution in [3.8, 4) is 11.4 Å². The number of hydrogen-bond acceptors (Lipinski definition) is 7. The van der Waals surface area contributed by atoms with Gasteiger partial charge in [-0.2, -0.15) is 0 Å². The Balaban J connectivity index is 1.60. The van der Waals surface area contributed by atoms with Crippen LogP contribution >= 0.6 is 23.4 Å². The zero-order chi connectivity index (χ0) is 24.4. The molecule has 4 rings (SSSR count). The summed E-state index contributed by atoms with van der Waals surface area (Å²) < 4.78 is 3.88. The van der Waals surface area contributed by atoms with Gasteiger partial charge in [-0.25, -0.2) is 4.79 Å². The van der Waals surface area contributed by atoms with E-state index in [1.54, 1.807) is 23.7 Å². The lowest BCUT2D eigenvalue weighted by Crippen LogP contribution is -2.43. The molecule has 2 aromatic carbocycles. The van der Waals surface area contributed by atoms with Gasteiger partial charge in [0.2, 0.25) is 0 Å². The monoisotopic (exact) mass is 496 g/mol. The molecule has 0 saturated carbocycles. The molecule has 34 heavy (non-hydrogen) atoms. The summed E-state index contributed by atoms with van der Waals surface area (Å²) in [5.41, 5.74) is 6.28. The topological polar surface area (TPSA) is 118 Å². The average molecular weight is 497 g/mol. The normalized spacial score (nSPS) is 11.0. The molecule has 2 heterocycles. The minimum Gasteiger partial charge on any atom is -0.384 e. The number of carbonyl (C=O) groups excluding carboxylic acids is 1. The van der Waals surface area contributed by atoms with E-state index >= 15 is 0 Å². The maximum Gasteiger partial charge on any atom is 0.332 e. The van der Waals surface area contributed by atoms with E-state index in [2.05, 4.69) is 10.2 Å². The van der Waals surface area contributed by atoms with Crippen molar-refractivity contribution >= 4 is 35.0 Å². The van der Waals surface area contributed by atoms with E-state index in [0.29, 0.717) is 16.0 Å². The highest BCUT2D eigenvalue weighted by molar-refractivity contribution is 7.99. The Morgan fingerprint density at radius 2 is 1.68 bits per heavy atom. The predicted molar refractivity (Wildman–Crippen MR) is 132 cm³/mol. The zero-order valence-corrected chi connectivity index (χ0v) is 20.0. The van der Waals surface area contributed by atoms with Gasteiger partial charge in [-0.3, -0.25) is 18.7 Å². The summed E-state index contributed by atoms with van der Waals surface area (Å²) in [5.74, 6) is -0.142. The van der Waals surface area contributed by atoms with Gasteiger partial charge < -0.3 is 10.3 Å². The molecule has 9 nitrogen and oxygen atoms in total. The second kappa shape index (κ2) is 9.70. The molecular weight excluding hydrogens is 476 g/mol. The smallest absolute Gasteiger partial charge is 0.332 e. The lowest BCUT2D eigenvalue weighted by molar-refractivity contribution is 0.102. The molecule has 0 fully saturated rings. The Bertz CT molecular complexity index is 1480. The Morgan fingerprint density at radius 3 is 2.35 bits per heavy atom. The number of aromatic nitrogens is 5. The largest absolute Gasteiger partial charge is 0.384 e. The van der Waals surface area contributed by atoms with Crippen LogP contribution in [0.3, 0.4) is 0 Å². The molecule has 4 aromatic rings. The van der Waals surface area contributed by atoms with Gasteiger partial charge in [0.05, 0.1) is 12.3 Å². The van der Waals surface area contributed by atoms with Crippen LogP contribution in [-0.2, 0) is 20.6 Å². The standard InChI is InChI=1S/C23H21ClN6O3S/c1-28-20(15-8-10-16(24)11-9-15)26-27-22(28)34-13-17(31)18-19(25)30(23(33)29(2)21(18)32)12-14-6-4-3-5-7-14/h3-11H,12-13,25H2,1-2H3. The molecule has 0 aliphatic carbocycles. The van der Waals surface area contributed by atoms with Gasteiger partial charge >= 0.3 is 5.69 Å². The predicted octanol–water partition coefficient (Wildman–Crippen LogP) is 2.60. The third-order valence-corrected chi connectivity index (χ3v) is 6.59. The molecule has 0 saturated heterocycles. The zero-order valence-electron chi connectivity index (χ0n) is 18.4. The molecule has 2 aromatic heterocycles. The van der Waals surface area contributed by atoms with Crippen LogP contribution in [0, 0.1) is 0 Å². The Hall–Kier alpha value is -3.63. The van der Waals surface area contributed by atoms with Crippen LogP contribution in [0.5, 0.6) is 0 Å². The summed E-state index contributed by atoms with van der Waals surface area (Å²) in [6.45, 7) is 0.140. The van der Waals surface area contributed by atoms with Crippen LogP contribution in [0.1, 0.15) is 15.9 Å². The number of halogens is 1. The summed E-state index contributed by atoms with van der Waals surface area (Å²) in [6.07, 6.45) is 0. The van der Waals surface area contributed by atoms with E-state index in [9.17, 15) is 14.4 Å². The van der Waals surface area contributed by atoms with Gasteiger partial charge in [-0.15, -0.1) is 10.2 Å². The Kier molecular flexibility index (Phi) is 6.71. The molecule has 2 N–H and O–H groups in total. The second-order valence-electron chi connectivity index (χ2n) is 7.56. The third-order valence-electron chi connectivity index (χ3n) is 5.32. The first-order chi connectivity index (χ1) is 16.3. The minimum absolute atomic E-state index is 0.102. The maximum absolute atomic E-state index is 13.1. The van der Waals surface area contributed by atoms with E-state index in [1.165, 1.54) is 11.6 Å². The number of nitrogen functional groups attached to an aromatic ring is 1. The molecule has 0 unspecified atom stereocenters.